The van der Waals surface area contributed by atoms with Gasteiger partial charge in [0, 0.05) is 0 Å². The maximum absolute atomic E-state index is 13.6. The van der Waals surface area contributed by atoms with Crippen molar-refractivity contribution in [1.29, 1.82) is 0 Å². The largest absolute Gasteiger partial charge is 0.283 e. The first-order valence-electron chi connectivity index (χ1n) is 8.37. The van der Waals surface area contributed by atoms with Crippen LogP contribution in [0.5, 0.6) is 0 Å². The number of rotatable bonds is 4. The Morgan fingerprint density at radius 3 is 2.59 bits per heavy atom. The fourth-order valence-corrected chi connectivity index (χ4v) is 4.94. The third-order valence-electron chi connectivity index (χ3n) is 4.00. The molecule has 0 unspecified atom stereocenters. The molecule has 0 atom stereocenters. The van der Waals surface area contributed by atoms with E-state index in [0.717, 1.165) is 38.8 Å². The van der Waals surface area contributed by atoms with E-state index in [-0.39, 0.29) is 15.7 Å². The number of aromatic nitrogens is 1. The van der Waals surface area contributed by atoms with Crippen molar-refractivity contribution in [2.45, 2.75) is 6.92 Å². The summed E-state index contributed by atoms with van der Waals surface area (Å²) in [7, 11) is 0. The lowest BCUT2D eigenvalue weighted by Gasteiger charge is -2.13. The van der Waals surface area contributed by atoms with E-state index in [9.17, 15) is 9.18 Å². The molecule has 9 heteroatoms. The lowest BCUT2D eigenvalue weighted by atomic mass is 10.2. The van der Waals surface area contributed by atoms with Gasteiger partial charge in [-0.1, -0.05) is 64.4 Å². The third kappa shape index (κ3) is 4.33. The van der Waals surface area contributed by atoms with Crippen LogP contribution in [0.3, 0.4) is 0 Å². The molecule has 4 nitrogen and oxygen atoms in total. The molecule has 146 valence electrons. The van der Waals surface area contributed by atoms with E-state index in [1.165, 1.54) is 18.2 Å². The molecule has 2 aromatic carbocycles. The van der Waals surface area contributed by atoms with Crippen LogP contribution in [0.15, 0.2) is 53.6 Å². The Labute approximate surface area is 183 Å². The fraction of sp³-hybridized carbons (Fsp3) is 0.0500. The minimum atomic E-state index is -0.471. The molecule has 0 saturated heterocycles. The molecule has 29 heavy (non-hydrogen) atoms. The molecule has 0 saturated carbocycles. The van der Waals surface area contributed by atoms with Crippen LogP contribution in [0.25, 0.3) is 10.2 Å². The molecule has 0 bridgehead atoms. The molecule has 4 aromatic rings. The molecule has 0 aliphatic heterocycles. The summed E-state index contributed by atoms with van der Waals surface area (Å²) in [5.74, 6) is -0.845. The highest BCUT2D eigenvalue weighted by Crippen LogP contribution is 2.35. The first-order chi connectivity index (χ1) is 13.9. The average molecular weight is 464 g/mol. The van der Waals surface area contributed by atoms with Crippen LogP contribution in [-0.4, -0.2) is 17.1 Å². The second-order valence-corrected chi connectivity index (χ2v) is 9.41. The number of benzene rings is 2. The van der Waals surface area contributed by atoms with Crippen LogP contribution in [0, 0.1) is 12.7 Å². The van der Waals surface area contributed by atoms with Gasteiger partial charge in [-0.05, 0) is 36.8 Å². The van der Waals surface area contributed by atoms with Crippen molar-refractivity contribution in [1.82, 2.24) is 4.98 Å². The summed E-state index contributed by atoms with van der Waals surface area (Å²) in [5, 5.41) is 5.82. The highest BCUT2D eigenvalue weighted by Gasteiger charge is 2.25. The second kappa shape index (κ2) is 8.20. The summed E-state index contributed by atoms with van der Waals surface area (Å²) in [5.41, 5.74) is 2.73. The van der Waals surface area contributed by atoms with E-state index in [2.05, 4.69) is 10.1 Å². The lowest BCUT2D eigenvalue weighted by molar-refractivity contribution is 0.0988. The van der Waals surface area contributed by atoms with E-state index in [1.807, 2.05) is 31.2 Å². The van der Waals surface area contributed by atoms with Gasteiger partial charge in [0.05, 0.1) is 26.3 Å². The van der Waals surface area contributed by atoms with Gasteiger partial charge < -0.3 is 0 Å². The lowest BCUT2D eigenvalue weighted by Crippen LogP contribution is -2.25. The molecule has 0 fully saturated rings. The monoisotopic (exact) mass is 463 g/mol. The molecule has 1 amide bonds. The van der Waals surface area contributed by atoms with Gasteiger partial charge in [-0.15, -0.1) is 11.3 Å². The van der Waals surface area contributed by atoms with Gasteiger partial charge in [0.2, 0.25) is 5.13 Å². The number of hydrogen-bond donors (Lipinski definition) is 0. The van der Waals surface area contributed by atoms with Crippen LogP contribution in [0.2, 0.25) is 8.67 Å². The van der Waals surface area contributed by atoms with E-state index in [0.29, 0.717) is 19.7 Å². The Morgan fingerprint density at radius 1 is 1.14 bits per heavy atom. The van der Waals surface area contributed by atoms with Crippen LogP contribution in [0.1, 0.15) is 21.5 Å². The molecule has 2 heterocycles. The first-order valence-corrected chi connectivity index (χ1v) is 10.8. The molecule has 0 aliphatic carbocycles. The molecule has 0 N–H and O–H groups in total. The van der Waals surface area contributed by atoms with Crippen molar-refractivity contribution in [2.24, 2.45) is 5.10 Å². The summed E-state index contributed by atoms with van der Waals surface area (Å²) < 4.78 is 14.8. The zero-order chi connectivity index (χ0) is 20.5. The first kappa shape index (κ1) is 20.0. The average Bonchev–Trinajstić information content (AvgIpc) is 3.25. The quantitative estimate of drug-likeness (QED) is 0.247. The number of hydrogen-bond acceptors (Lipinski definition) is 5. The Balaban J connectivity index is 1.77. The summed E-state index contributed by atoms with van der Waals surface area (Å²) in [6.45, 7) is 1.99. The number of amides is 1. The number of thiophene rings is 1. The maximum atomic E-state index is 13.6. The molecule has 4 rings (SSSR count). The SMILES string of the molecule is Cc1ccc(/C=N/N(C(=O)c2cc(Cl)sc2Cl)c2nc3ccc(F)cc3s2)cc1. The summed E-state index contributed by atoms with van der Waals surface area (Å²) in [4.78, 5) is 17.6. The normalized spacial score (nSPS) is 11.4. The molecule has 0 spiro atoms. The Kier molecular flexibility index (Phi) is 5.65. The van der Waals surface area contributed by atoms with Crippen molar-refractivity contribution in [2.75, 3.05) is 5.01 Å². The second-order valence-electron chi connectivity index (χ2n) is 6.12. The summed E-state index contributed by atoms with van der Waals surface area (Å²) in [6, 6.07) is 13.4. The van der Waals surface area contributed by atoms with E-state index < -0.39 is 5.91 Å². The molecular weight excluding hydrogens is 452 g/mol. The standard InChI is InChI=1S/C20H12Cl2FN3OS2/c1-11-2-4-12(5-3-11)10-24-26(19(27)14-9-17(21)29-18(14)22)20-25-15-7-6-13(23)8-16(15)28-20/h2-10H,1H3/b24-10+. The van der Waals surface area contributed by atoms with Crippen LogP contribution >= 0.6 is 45.9 Å². The number of fused-ring (bicyclic) bond motifs is 1. The van der Waals surface area contributed by atoms with Gasteiger partial charge in [-0.25, -0.2) is 9.37 Å². The van der Waals surface area contributed by atoms with Crippen molar-refractivity contribution >= 4 is 73.3 Å². The van der Waals surface area contributed by atoms with Gasteiger partial charge in [-0.2, -0.15) is 10.1 Å². The van der Waals surface area contributed by atoms with E-state index in [4.69, 9.17) is 23.2 Å². The predicted molar refractivity (Wildman–Crippen MR) is 119 cm³/mol. The van der Waals surface area contributed by atoms with Gasteiger partial charge >= 0.3 is 0 Å². The zero-order valence-electron chi connectivity index (χ0n) is 14.9. The number of halogens is 3. The highest BCUT2D eigenvalue weighted by molar-refractivity contribution is 7.22. The zero-order valence-corrected chi connectivity index (χ0v) is 18.0. The van der Waals surface area contributed by atoms with Gasteiger partial charge in [0.15, 0.2) is 0 Å². The molecule has 0 aliphatic rings. The maximum Gasteiger partial charge on any atom is 0.283 e. The predicted octanol–water partition coefficient (Wildman–Crippen LogP) is 6.79. The summed E-state index contributed by atoms with van der Waals surface area (Å²) in [6.07, 6.45) is 1.56. The van der Waals surface area contributed by atoms with Gasteiger partial charge in [0.1, 0.15) is 10.2 Å². The minimum absolute atomic E-state index is 0.230. The number of carbonyl (C=O) groups is 1. The van der Waals surface area contributed by atoms with Crippen molar-refractivity contribution in [3.05, 3.63) is 79.7 Å². The number of hydrazone groups is 1. The number of anilines is 1. The van der Waals surface area contributed by atoms with E-state index in [1.54, 1.807) is 12.3 Å². The van der Waals surface area contributed by atoms with Crippen molar-refractivity contribution in [3.8, 4) is 0 Å². The fourth-order valence-electron chi connectivity index (χ4n) is 2.54. The Bertz CT molecular complexity index is 1230. The highest BCUT2D eigenvalue weighted by atomic mass is 35.5. The topological polar surface area (TPSA) is 45.6 Å². The third-order valence-corrected chi connectivity index (χ3v) is 6.48. The smallest absolute Gasteiger partial charge is 0.267 e. The van der Waals surface area contributed by atoms with Gasteiger partial charge in [0.25, 0.3) is 5.91 Å². The van der Waals surface area contributed by atoms with E-state index >= 15 is 0 Å². The van der Waals surface area contributed by atoms with Crippen molar-refractivity contribution < 1.29 is 9.18 Å². The van der Waals surface area contributed by atoms with Crippen LogP contribution in [0.4, 0.5) is 9.52 Å². The Morgan fingerprint density at radius 2 is 1.90 bits per heavy atom. The van der Waals surface area contributed by atoms with Crippen LogP contribution < -0.4 is 5.01 Å². The number of thiazole rings is 1. The van der Waals surface area contributed by atoms with Crippen LogP contribution in [-0.2, 0) is 0 Å². The molecule has 0 radical (unpaired) electrons. The van der Waals surface area contributed by atoms with Gasteiger partial charge in [-0.3, -0.25) is 4.79 Å². The van der Waals surface area contributed by atoms with Crippen molar-refractivity contribution in [3.63, 3.8) is 0 Å². The number of carbonyl (C=O) groups excluding carboxylic acids is 1. The number of nitrogens with zero attached hydrogens (tertiary/aromatic N) is 3. The molecule has 2 aromatic heterocycles. The Hall–Kier alpha value is -2.32. The summed E-state index contributed by atoms with van der Waals surface area (Å²) >= 11 is 14.4. The number of aryl methyl sites for hydroxylation is 1. The minimum Gasteiger partial charge on any atom is -0.267 e. The molecular formula is C20H12Cl2FN3OS2.